The number of amides is 1. The van der Waals surface area contributed by atoms with Gasteiger partial charge in [-0.2, -0.15) is 4.31 Å². The molecule has 1 aliphatic heterocycles. The van der Waals surface area contributed by atoms with Gasteiger partial charge in [0.2, 0.25) is 15.9 Å². The lowest BCUT2D eigenvalue weighted by atomic mass is 10.1. The van der Waals surface area contributed by atoms with Crippen molar-refractivity contribution in [2.75, 3.05) is 26.2 Å². The van der Waals surface area contributed by atoms with Gasteiger partial charge in [-0.3, -0.25) is 19.8 Å². The highest BCUT2D eigenvalue weighted by molar-refractivity contribution is 7.89. The van der Waals surface area contributed by atoms with Crippen LogP contribution in [0.1, 0.15) is 25.5 Å². The lowest BCUT2D eigenvalue weighted by molar-refractivity contribution is -0.385. The summed E-state index contributed by atoms with van der Waals surface area (Å²) in [7, 11) is -3.87. The molecule has 0 unspecified atom stereocenters. The number of rotatable bonds is 7. The van der Waals surface area contributed by atoms with Crippen LogP contribution in [0.2, 0.25) is 0 Å². The second kappa shape index (κ2) is 9.72. The fourth-order valence-electron chi connectivity index (χ4n) is 3.57. The number of carbonyl (C=O) groups is 1. The average Bonchev–Trinajstić information content (AvgIpc) is 2.79. The number of piperazine rings is 1. The number of nitrogens with zero attached hydrogens (tertiary/aromatic N) is 3. The van der Waals surface area contributed by atoms with E-state index in [4.69, 9.17) is 0 Å². The molecule has 1 saturated heterocycles. The third kappa shape index (κ3) is 5.29. The summed E-state index contributed by atoms with van der Waals surface area (Å²) in [6.45, 7) is 4.56. The topological polar surface area (TPSA) is 113 Å². The van der Waals surface area contributed by atoms with Crippen molar-refractivity contribution in [2.45, 2.75) is 30.8 Å². The fourth-order valence-corrected chi connectivity index (χ4v) is 5.03. The van der Waals surface area contributed by atoms with Gasteiger partial charge in [0, 0.05) is 38.3 Å². The number of nitrogens with one attached hydrogen (secondary N) is 1. The normalized spacial score (nSPS) is 17.5. The highest BCUT2D eigenvalue weighted by Gasteiger charge is 2.32. The second-order valence-electron chi connectivity index (χ2n) is 7.65. The first-order valence-electron chi connectivity index (χ1n) is 10.1. The zero-order valence-electron chi connectivity index (χ0n) is 17.8. The van der Waals surface area contributed by atoms with E-state index in [1.165, 1.54) is 34.6 Å². The molecule has 3 rings (SSSR count). The highest BCUT2D eigenvalue weighted by Crippen LogP contribution is 2.22. The summed E-state index contributed by atoms with van der Waals surface area (Å²) in [6, 6.07) is 10.1. The summed E-state index contributed by atoms with van der Waals surface area (Å²) in [4.78, 5) is 24.7. The number of hydrogen-bond donors (Lipinski definition) is 1. The quantitative estimate of drug-likeness (QED) is 0.497. The molecule has 0 bridgehead atoms. The standard InChI is InChI=1S/C21H25FN4O5S/c1-15(17-6-8-18(22)9-7-17)23-21(27)16(2)24-10-12-25(13-11-24)32(30,31)20-5-3-4-19(14-20)26(28)29/h3-9,14-16H,10-13H2,1-2H3,(H,23,27)/t15-,16-/m0/s1. The zero-order valence-corrected chi connectivity index (χ0v) is 18.6. The third-order valence-electron chi connectivity index (χ3n) is 5.60. The molecular weight excluding hydrogens is 439 g/mol. The molecule has 2 aromatic rings. The van der Waals surface area contributed by atoms with Crippen LogP contribution in [0.3, 0.4) is 0 Å². The molecule has 0 spiro atoms. The van der Waals surface area contributed by atoms with Crippen molar-refractivity contribution in [3.63, 3.8) is 0 Å². The number of nitro benzene ring substituents is 1. The van der Waals surface area contributed by atoms with Crippen LogP contribution in [0, 0.1) is 15.9 Å². The van der Waals surface area contributed by atoms with Gasteiger partial charge < -0.3 is 5.32 Å². The van der Waals surface area contributed by atoms with E-state index < -0.39 is 21.0 Å². The molecule has 1 N–H and O–H groups in total. The lowest BCUT2D eigenvalue weighted by Crippen LogP contribution is -2.55. The van der Waals surface area contributed by atoms with Gasteiger partial charge in [0.1, 0.15) is 5.82 Å². The zero-order chi connectivity index (χ0) is 23.5. The van der Waals surface area contributed by atoms with Crippen molar-refractivity contribution in [3.8, 4) is 0 Å². The minimum absolute atomic E-state index is 0.126. The molecule has 0 saturated carbocycles. The minimum atomic E-state index is -3.87. The van der Waals surface area contributed by atoms with E-state index in [1.807, 2.05) is 4.90 Å². The molecular formula is C21H25FN4O5S. The van der Waals surface area contributed by atoms with Crippen molar-refractivity contribution < 1.29 is 22.5 Å². The summed E-state index contributed by atoms with van der Waals surface area (Å²) in [5.74, 6) is -0.560. The Bertz CT molecular complexity index is 1090. The Labute approximate surface area is 186 Å². The Morgan fingerprint density at radius 2 is 1.72 bits per heavy atom. The van der Waals surface area contributed by atoms with E-state index in [9.17, 15) is 27.7 Å². The van der Waals surface area contributed by atoms with Crippen LogP contribution in [0.5, 0.6) is 0 Å². The molecule has 1 amide bonds. The maximum Gasteiger partial charge on any atom is 0.270 e. The summed E-state index contributed by atoms with van der Waals surface area (Å²) in [6.07, 6.45) is 0. The maximum absolute atomic E-state index is 13.1. The molecule has 1 heterocycles. The summed E-state index contributed by atoms with van der Waals surface area (Å²) < 4.78 is 40.1. The van der Waals surface area contributed by atoms with Crippen molar-refractivity contribution in [1.29, 1.82) is 0 Å². The van der Waals surface area contributed by atoms with Gasteiger partial charge in [0.15, 0.2) is 0 Å². The van der Waals surface area contributed by atoms with Gasteiger partial charge in [-0.05, 0) is 37.6 Å². The van der Waals surface area contributed by atoms with Crippen LogP contribution in [0.15, 0.2) is 53.4 Å². The van der Waals surface area contributed by atoms with Crippen molar-refractivity contribution >= 4 is 21.6 Å². The first-order chi connectivity index (χ1) is 15.1. The predicted molar refractivity (Wildman–Crippen MR) is 116 cm³/mol. The largest absolute Gasteiger partial charge is 0.348 e. The molecule has 2 atom stereocenters. The molecule has 0 radical (unpaired) electrons. The molecule has 0 aliphatic carbocycles. The fraction of sp³-hybridized carbons (Fsp3) is 0.381. The van der Waals surface area contributed by atoms with E-state index in [-0.39, 0.29) is 41.4 Å². The van der Waals surface area contributed by atoms with E-state index in [0.717, 1.165) is 11.6 Å². The summed E-state index contributed by atoms with van der Waals surface area (Å²) in [5, 5.41) is 13.9. The lowest BCUT2D eigenvalue weighted by Gasteiger charge is -2.37. The van der Waals surface area contributed by atoms with Gasteiger partial charge in [0.05, 0.1) is 21.9 Å². The van der Waals surface area contributed by atoms with Crippen LogP contribution in [0.25, 0.3) is 0 Å². The van der Waals surface area contributed by atoms with E-state index in [2.05, 4.69) is 5.32 Å². The Morgan fingerprint density at radius 3 is 2.31 bits per heavy atom. The van der Waals surface area contributed by atoms with Gasteiger partial charge in [-0.15, -0.1) is 0 Å². The first-order valence-corrected chi connectivity index (χ1v) is 11.6. The molecule has 32 heavy (non-hydrogen) atoms. The van der Waals surface area contributed by atoms with Crippen LogP contribution in [-0.4, -0.2) is 60.7 Å². The van der Waals surface area contributed by atoms with Gasteiger partial charge >= 0.3 is 0 Å². The average molecular weight is 465 g/mol. The number of hydrogen-bond acceptors (Lipinski definition) is 6. The van der Waals surface area contributed by atoms with Gasteiger partial charge in [-0.25, -0.2) is 12.8 Å². The van der Waals surface area contributed by atoms with Gasteiger partial charge in [0.25, 0.3) is 5.69 Å². The minimum Gasteiger partial charge on any atom is -0.348 e. The predicted octanol–water partition coefficient (Wildman–Crippen LogP) is 2.31. The number of halogens is 1. The maximum atomic E-state index is 13.1. The number of carbonyl (C=O) groups excluding carboxylic acids is 1. The Morgan fingerprint density at radius 1 is 1.09 bits per heavy atom. The molecule has 2 aromatic carbocycles. The monoisotopic (exact) mass is 464 g/mol. The number of non-ortho nitro benzene ring substituents is 1. The van der Waals surface area contributed by atoms with E-state index in [0.29, 0.717) is 13.1 Å². The van der Waals surface area contributed by atoms with Crippen molar-refractivity contribution in [3.05, 3.63) is 70.0 Å². The van der Waals surface area contributed by atoms with Crippen LogP contribution >= 0.6 is 0 Å². The van der Waals surface area contributed by atoms with Crippen LogP contribution in [0.4, 0.5) is 10.1 Å². The number of sulfonamides is 1. The van der Waals surface area contributed by atoms with Crippen LogP contribution < -0.4 is 5.32 Å². The number of benzene rings is 2. The SMILES string of the molecule is C[C@H](NC(=O)[C@H](C)N1CCN(S(=O)(=O)c2cccc([N+](=O)[O-])c2)CC1)c1ccc(F)cc1. The van der Waals surface area contributed by atoms with Crippen molar-refractivity contribution in [1.82, 2.24) is 14.5 Å². The highest BCUT2D eigenvalue weighted by atomic mass is 32.2. The Kier molecular flexibility index (Phi) is 7.22. The van der Waals surface area contributed by atoms with E-state index >= 15 is 0 Å². The van der Waals surface area contributed by atoms with Crippen LogP contribution in [-0.2, 0) is 14.8 Å². The first kappa shape index (κ1) is 23.8. The van der Waals surface area contributed by atoms with Crippen molar-refractivity contribution in [2.24, 2.45) is 0 Å². The third-order valence-corrected chi connectivity index (χ3v) is 7.49. The summed E-state index contributed by atoms with van der Waals surface area (Å²) in [5.41, 5.74) is 0.491. The number of nitro groups is 1. The summed E-state index contributed by atoms with van der Waals surface area (Å²) >= 11 is 0. The Hall–Kier alpha value is -2.89. The molecule has 1 aliphatic rings. The Balaban J connectivity index is 1.59. The molecule has 9 nitrogen and oxygen atoms in total. The molecule has 11 heteroatoms. The molecule has 1 fully saturated rings. The molecule has 0 aromatic heterocycles. The van der Waals surface area contributed by atoms with Gasteiger partial charge in [-0.1, -0.05) is 18.2 Å². The van der Waals surface area contributed by atoms with E-state index in [1.54, 1.807) is 26.0 Å². The molecule has 172 valence electrons. The second-order valence-corrected chi connectivity index (χ2v) is 9.59. The smallest absolute Gasteiger partial charge is 0.270 e.